The van der Waals surface area contributed by atoms with Crippen LogP contribution in [0.4, 0.5) is 10.5 Å². The van der Waals surface area contributed by atoms with E-state index in [2.05, 4.69) is 37.2 Å². The number of rotatable bonds is 4. The number of esters is 1. The number of carbonyl (C=O) groups excluding carboxylic acids is 4. The second kappa shape index (κ2) is 8.93. The van der Waals surface area contributed by atoms with E-state index in [-0.39, 0.29) is 17.7 Å². The van der Waals surface area contributed by atoms with E-state index in [0.717, 1.165) is 4.90 Å². The second-order valence-electron chi connectivity index (χ2n) is 6.38. The Hall–Kier alpha value is -2.78. The van der Waals surface area contributed by atoms with Crippen molar-refractivity contribution >= 4 is 67.4 Å². The molecule has 30 heavy (non-hydrogen) atoms. The first-order valence-electron chi connectivity index (χ1n) is 8.89. The van der Waals surface area contributed by atoms with Gasteiger partial charge in [0.05, 0.1) is 10.2 Å². The molecule has 1 aliphatic rings. The van der Waals surface area contributed by atoms with E-state index in [1.165, 1.54) is 6.08 Å². The molecule has 9 heteroatoms. The second-order valence-corrected chi connectivity index (χ2v) is 8.15. The van der Waals surface area contributed by atoms with Crippen LogP contribution in [0.1, 0.15) is 24.5 Å². The summed E-state index contributed by atoms with van der Waals surface area (Å²) >= 11 is 6.68. The van der Waals surface area contributed by atoms with Gasteiger partial charge in [0.2, 0.25) is 0 Å². The number of carbonyl (C=O) groups is 4. The van der Waals surface area contributed by atoms with Gasteiger partial charge in [-0.25, -0.2) is 9.69 Å². The normalized spacial score (nSPS) is 15.4. The largest absolute Gasteiger partial charge is 0.425 e. The quantitative estimate of drug-likeness (QED) is 0.269. The lowest BCUT2D eigenvalue weighted by Crippen LogP contribution is -2.54. The number of amides is 4. The zero-order valence-corrected chi connectivity index (χ0v) is 19.2. The standard InChI is InChI=1S/C21H16Br2N2O5/c1-3-17(26)30-18-12(8-13(22)10-15(18)23)9-14-19(27)24-21(29)25(20(14)28)16-7-5-4-6-11(16)2/h4-10H,3H2,1-2H3,(H,24,27,29)/b14-9-. The highest BCUT2D eigenvalue weighted by Gasteiger charge is 2.37. The van der Waals surface area contributed by atoms with Gasteiger partial charge in [0.25, 0.3) is 11.8 Å². The molecule has 1 heterocycles. The van der Waals surface area contributed by atoms with Crippen molar-refractivity contribution in [1.29, 1.82) is 0 Å². The molecule has 154 valence electrons. The van der Waals surface area contributed by atoms with Crippen molar-refractivity contribution in [2.24, 2.45) is 0 Å². The summed E-state index contributed by atoms with van der Waals surface area (Å²) in [5.41, 5.74) is 1.11. The molecule has 0 radical (unpaired) electrons. The number of hydrogen-bond donors (Lipinski definition) is 1. The van der Waals surface area contributed by atoms with Gasteiger partial charge in [-0.3, -0.25) is 19.7 Å². The molecule has 0 atom stereocenters. The van der Waals surface area contributed by atoms with Crippen LogP contribution in [0.15, 0.2) is 50.9 Å². The lowest BCUT2D eigenvalue weighted by molar-refractivity contribution is -0.134. The average Bonchev–Trinajstić information content (AvgIpc) is 2.68. The number of aryl methyl sites for hydroxylation is 1. The SMILES string of the molecule is CCC(=O)Oc1c(Br)cc(Br)cc1/C=C1/C(=O)NC(=O)N(c2ccccc2C)C1=O. The summed E-state index contributed by atoms with van der Waals surface area (Å²) in [4.78, 5) is 50.7. The fourth-order valence-corrected chi connectivity index (χ4v) is 4.17. The lowest BCUT2D eigenvalue weighted by atomic mass is 10.0. The maximum atomic E-state index is 13.1. The minimum absolute atomic E-state index is 0.146. The Bertz CT molecular complexity index is 1110. The van der Waals surface area contributed by atoms with E-state index < -0.39 is 23.8 Å². The van der Waals surface area contributed by atoms with Gasteiger partial charge < -0.3 is 4.74 Å². The summed E-state index contributed by atoms with van der Waals surface area (Å²) in [5.74, 6) is -1.92. The number of imide groups is 2. The summed E-state index contributed by atoms with van der Waals surface area (Å²) in [7, 11) is 0. The highest BCUT2D eigenvalue weighted by Crippen LogP contribution is 2.35. The van der Waals surface area contributed by atoms with Crippen LogP contribution in [-0.2, 0) is 14.4 Å². The molecule has 1 N–H and O–H groups in total. The predicted molar refractivity (Wildman–Crippen MR) is 118 cm³/mol. The van der Waals surface area contributed by atoms with Crippen molar-refractivity contribution in [3.8, 4) is 5.75 Å². The number of benzene rings is 2. The minimum Gasteiger partial charge on any atom is -0.425 e. The van der Waals surface area contributed by atoms with Gasteiger partial charge in [0.15, 0.2) is 5.75 Å². The smallest absolute Gasteiger partial charge is 0.335 e. The van der Waals surface area contributed by atoms with Crippen LogP contribution >= 0.6 is 31.9 Å². The third-order valence-electron chi connectivity index (χ3n) is 4.30. The van der Waals surface area contributed by atoms with Crippen molar-refractivity contribution < 1.29 is 23.9 Å². The van der Waals surface area contributed by atoms with E-state index in [1.54, 1.807) is 50.2 Å². The predicted octanol–water partition coefficient (Wildman–Crippen LogP) is 4.50. The number of urea groups is 1. The van der Waals surface area contributed by atoms with Crippen LogP contribution in [0.2, 0.25) is 0 Å². The molecule has 0 aliphatic carbocycles. The number of barbiturate groups is 1. The summed E-state index contributed by atoms with van der Waals surface area (Å²) in [5, 5.41) is 2.18. The first-order valence-corrected chi connectivity index (χ1v) is 10.5. The fourth-order valence-electron chi connectivity index (χ4n) is 2.83. The topological polar surface area (TPSA) is 92.8 Å². The van der Waals surface area contributed by atoms with E-state index in [1.807, 2.05) is 0 Å². The van der Waals surface area contributed by atoms with Gasteiger partial charge in [0.1, 0.15) is 5.57 Å². The molecule has 1 fully saturated rings. The maximum Gasteiger partial charge on any atom is 0.335 e. The molecule has 2 aromatic rings. The Balaban J connectivity index is 2.11. The first-order chi connectivity index (χ1) is 14.2. The Morgan fingerprint density at radius 3 is 2.53 bits per heavy atom. The zero-order chi connectivity index (χ0) is 22.0. The molecule has 2 aromatic carbocycles. The summed E-state index contributed by atoms with van der Waals surface area (Å²) < 4.78 is 6.46. The van der Waals surface area contributed by atoms with Gasteiger partial charge >= 0.3 is 12.0 Å². The summed E-state index contributed by atoms with van der Waals surface area (Å²) in [6.45, 7) is 3.40. The summed E-state index contributed by atoms with van der Waals surface area (Å²) in [6, 6.07) is 9.28. The molecule has 4 amide bonds. The van der Waals surface area contributed by atoms with E-state index in [9.17, 15) is 19.2 Å². The van der Waals surface area contributed by atoms with Crippen molar-refractivity contribution in [2.75, 3.05) is 4.90 Å². The fraction of sp³-hybridized carbons (Fsp3) is 0.143. The monoisotopic (exact) mass is 534 g/mol. The van der Waals surface area contributed by atoms with Crippen LogP contribution < -0.4 is 15.0 Å². The van der Waals surface area contributed by atoms with Crippen molar-refractivity contribution in [3.63, 3.8) is 0 Å². The van der Waals surface area contributed by atoms with Gasteiger partial charge in [-0.15, -0.1) is 0 Å². The van der Waals surface area contributed by atoms with Crippen molar-refractivity contribution in [1.82, 2.24) is 5.32 Å². The van der Waals surface area contributed by atoms with Gasteiger partial charge in [-0.05, 0) is 52.7 Å². The van der Waals surface area contributed by atoms with Gasteiger partial charge in [0, 0.05) is 16.5 Å². The van der Waals surface area contributed by atoms with Crippen LogP contribution in [0.25, 0.3) is 6.08 Å². The van der Waals surface area contributed by atoms with E-state index >= 15 is 0 Å². The number of hydrogen-bond acceptors (Lipinski definition) is 5. The number of ether oxygens (including phenoxy) is 1. The molecule has 1 saturated heterocycles. The highest BCUT2D eigenvalue weighted by atomic mass is 79.9. The third kappa shape index (κ3) is 4.36. The van der Waals surface area contributed by atoms with Crippen LogP contribution in [-0.4, -0.2) is 23.8 Å². The lowest BCUT2D eigenvalue weighted by Gasteiger charge is -2.27. The Morgan fingerprint density at radius 2 is 1.87 bits per heavy atom. The number of nitrogens with one attached hydrogen (secondary N) is 1. The highest BCUT2D eigenvalue weighted by molar-refractivity contribution is 9.11. The molecule has 0 saturated carbocycles. The van der Waals surface area contributed by atoms with Crippen molar-refractivity contribution in [2.45, 2.75) is 20.3 Å². The van der Waals surface area contributed by atoms with Crippen LogP contribution in [0.5, 0.6) is 5.75 Å². The van der Waals surface area contributed by atoms with Gasteiger partial charge in [-0.1, -0.05) is 41.1 Å². The molecule has 3 rings (SSSR count). The van der Waals surface area contributed by atoms with E-state index in [0.29, 0.717) is 25.8 Å². The molecule has 0 spiro atoms. The molecule has 1 aliphatic heterocycles. The van der Waals surface area contributed by atoms with Gasteiger partial charge in [-0.2, -0.15) is 0 Å². The Morgan fingerprint density at radius 1 is 1.17 bits per heavy atom. The van der Waals surface area contributed by atoms with Crippen molar-refractivity contribution in [3.05, 3.63) is 62.0 Å². The molecule has 0 unspecified atom stereocenters. The molecular formula is C21H16Br2N2O5. The average molecular weight is 536 g/mol. The molecule has 0 aromatic heterocycles. The third-order valence-corrected chi connectivity index (χ3v) is 5.35. The zero-order valence-electron chi connectivity index (χ0n) is 16.0. The number of anilines is 1. The Kier molecular flexibility index (Phi) is 6.52. The number of para-hydroxylation sites is 1. The molecule has 7 nitrogen and oxygen atoms in total. The number of nitrogens with zero attached hydrogens (tertiary/aromatic N) is 1. The first kappa shape index (κ1) is 21.9. The van der Waals surface area contributed by atoms with Crippen LogP contribution in [0, 0.1) is 6.92 Å². The maximum absolute atomic E-state index is 13.1. The Labute approximate surface area is 189 Å². The van der Waals surface area contributed by atoms with Crippen LogP contribution in [0.3, 0.4) is 0 Å². The summed E-state index contributed by atoms with van der Waals surface area (Å²) in [6.07, 6.45) is 1.44. The minimum atomic E-state index is -0.835. The number of halogens is 2. The molecular weight excluding hydrogens is 520 g/mol. The molecule has 0 bridgehead atoms. The van der Waals surface area contributed by atoms with E-state index in [4.69, 9.17) is 4.74 Å².